The van der Waals surface area contributed by atoms with Crippen LogP contribution in [0.25, 0.3) is 0 Å². The molecule has 0 unspecified atom stereocenters. The topological polar surface area (TPSA) is 70.1 Å². The van der Waals surface area contributed by atoms with E-state index in [1.807, 2.05) is 30.9 Å². The molecule has 0 saturated carbocycles. The van der Waals surface area contributed by atoms with E-state index in [9.17, 15) is 14.7 Å². The van der Waals surface area contributed by atoms with E-state index in [1.54, 1.807) is 19.1 Å². The van der Waals surface area contributed by atoms with E-state index in [4.69, 9.17) is 4.74 Å². The number of aliphatic carboxylic acids is 1. The van der Waals surface area contributed by atoms with Crippen LogP contribution in [0, 0.1) is 13.8 Å². The summed E-state index contributed by atoms with van der Waals surface area (Å²) in [6, 6.07) is 2.99. The van der Waals surface area contributed by atoms with E-state index >= 15 is 0 Å². The molecule has 1 aromatic carbocycles. The summed E-state index contributed by atoms with van der Waals surface area (Å²) in [5.74, 6) is 0.0635. The Kier molecular flexibility index (Phi) is 6.42. The third-order valence-electron chi connectivity index (χ3n) is 4.82. The molecule has 0 radical (unpaired) electrons. The number of rotatable bonds is 7. The smallest absolute Gasteiger partial charge is 0.325 e. The zero-order valence-electron chi connectivity index (χ0n) is 15.5. The fourth-order valence-corrected chi connectivity index (χ4v) is 3.55. The van der Waals surface area contributed by atoms with Crippen LogP contribution in [0.15, 0.2) is 12.1 Å². The molecule has 0 aliphatic carbocycles. The molecule has 1 aromatic rings. The number of carbonyl (C=O) groups is 2. The third kappa shape index (κ3) is 4.51. The normalized spacial score (nSPS) is 16.2. The van der Waals surface area contributed by atoms with Gasteiger partial charge in [0.05, 0.1) is 7.11 Å². The Morgan fingerprint density at radius 3 is 2.48 bits per heavy atom. The van der Waals surface area contributed by atoms with Crippen LogP contribution in [0.1, 0.15) is 42.0 Å². The zero-order valence-corrected chi connectivity index (χ0v) is 15.5. The van der Waals surface area contributed by atoms with Crippen molar-refractivity contribution < 1.29 is 19.4 Å². The standard InChI is InChI=1S/C19H28N2O4/c1-13-11-15(12-14(2)18(13)25-4)17(19(23)24)20(3)9-10-21-8-6-5-7-16(21)22/h11-12,17H,5-10H2,1-4H3,(H,23,24)/t17-/m0/s1. The lowest BCUT2D eigenvalue weighted by Gasteiger charge is -2.31. The molecule has 1 N–H and O–H groups in total. The van der Waals surface area contributed by atoms with E-state index in [1.165, 1.54) is 0 Å². The van der Waals surface area contributed by atoms with Gasteiger partial charge in [-0.2, -0.15) is 0 Å². The molecule has 1 saturated heterocycles. The minimum atomic E-state index is -0.892. The number of carboxylic acids is 1. The SMILES string of the molecule is COc1c(C)cc([C@@H](C(=O)O)N(C)CCN2CCCCC2=O)cc1C. The summed E-state index contributed by atoms with van der Waals surface area (Å²) in [5.41, 5.74) is 2.57. The van der Waals surface area contributed by atoms with Crippen molar-refractivity contribution in [1.29, 1.82) is 0 Å². The first-order chi connectivity index (χ1) is 11.8. The van der Waals surface area contributed by atoms with Gasteiger partial charge in [-0.05, 0) is 50.4 Å². The molecule has 0 spiro atoms. The fraction of sp³-hybridized carbons (Fsp3) is 0.579. The Hall–Kier alpha value is -2.08. The number of hydrogen-bond acceptors (Lipinski definition) is 4. The van der Waals surface area contributed by atoms with Gasteiger partial charge in [0.25, 0.3) is 0 Å². The molecule has 138 valence electrons. The maximum Gasteiger partial charge on any atom is 0.325 e. The van der Waals surface area contributed by atoms with Crippen LogP contribution in [0.2, 0.25) is 0 Å². The third-order valence-corrected chi connectivity index (χ3v) is 4.82. The van der Waals surface area contributed by atoms with Gasteiger partial charge in [0.15, 0.2) is 0 Å². The Morgan fingerprint density at radius 2 is 1.96 bits per heavy atom. The lowest BCUT2D eigenvalue weighted by molar-refractivity contribution is -0.143. The van der Waals surface area contributed by atoms with E-state index < -0.39 is 12.0 Å². The van der Waals surface area contributed by atoms with Gasteiger partial charge < -0.3 is 14.7 Å². The number of likely N-dealkylation sites (N-methyl/N-ethyl adjacent to an activating group) is 1. The highest BCUT2D eigenvalue weighted by atomic mass is 16.5. The summed E-state index contributed by atoms with van der Waals surface area (Å²) in [4.78, 5) is 27.4. The summed E-state index contributed by atoms with van der Waals surface area (Å²) in [5, 5.41) is 9.74. The molecular formula is C19H28N2O4. The number of carboxylic acid groups (broad SMARTS) is 1. The quantitative estimate of drug-likeness (QED) is 0.819. The van der Waals surface area contributed by atoms with Gasteiger partial charge in [-0.3, -0.25) is 14.5 Å². The van der Waals surface area contributed by atoms with E-state index in [0.29, 0.717) is 19.5 Å². The van der Waals surface area contributed by atoms with Crippen molar-refractivity contribution in [3.63, 3.8) is 0 Å². The lowest BCUT2D eigenvalue weighted by atomic mass is 9.99. The van der Waals surface area contributed by atoms with Crippen LogP contribution >= 0.6 is 0 Å². The zero-order chi connectivity index (χ0) is 18.6. The second-order valence-electron chi connectivity index (χ2n) is 6.75. The predicted octanol–water partition coefficient (Wildman–Crippen LogP) is 2.38. The maximum absolute atomic E-state index is 11.9. The highest BCUT2D eigenvalue weighted by Gasteiger charge is 2.27. The maximum atomic E-state index is 11.9. The number of nitrogens with zero attached hydrogens (tertiary/aromatic N) is 2. The van der Waals surface area contributed by atoms with Crippen molar-refractivity contribution in [2.24, 2.45) is 0 Å². The number of aryl methyl sites for hydroxylation is 2. The fourth-order valence-electron chi connectivity index (χ4n) is 3.55. The van der Waals surface area contributed by atoms with Gasteiger partial charge in [0.2, 0.25) is 5.91 Å². The van der Waals surface area contributed by atoms with Gasteiger partial charge in [-0.25, -0.2) is 0 Å². The first-order valence-corrected chi connectivity index (χ1v) is 8.71. The molecule has 1 aliphatic heterocycles. The van der Waals surface area contributed by atoms with Crippen molar-refractivity contribution in [3.05, 3.63) is 28.8 Å². The molecule has 1 heterocycles. The highest BCUT2D eigenvalue weighted by molar-refractivity contribution is 5.77. The summed E-state index contributed by atoms with van der Waals surface area (Å²) in [6.07, 6.45) is 2.57. The van der Waals surface area contributed by atoms with Gasteiger partial charge in [0, 0.05) is 26.1 Å². The first-order valence-electron chi connectivity index (χ1n) is 8.71. The first kappa shape index (κ1) is 19.2. The number of benzene rings is 1. The molecule has 0 bridgehead atoms. The predicted molar refractivity (Wildman–Crippen MR) is 95.9 cm³/mol. The van der Waals surface area contributed by atoms with Crippen LogP contribution in [-0.4, -0.2) is 60.6 Å². The lowest BCUT2D eigenvalue weighted by Crippen LogP contribution is -2.42. The van der Waals surface area contributed by atoms with Crippen LogP contribution in [0.3, 0.4) is 0 Å². The average Bonchev–Trinajstić information content (AvgIpc) is 2.53. The molecule has 1 amide bonds. The number of piperidine rings is 1. The van der Waals surface area contributed by atoms with Crippen molar-refractivity contribution in [1.82, 2.24) is 9.80 Å². The number of ether oxygens (including phenoxy) is 1. The summed E-state index contributed by atoms with van der Waals surface area (Å²) < 4.78 is 5.36. The van der Waals surface area contributed by atoms with Crippen LogP contribution < -0.4 is 4.74 Å². The van der Waals surface area contributed by atoms with Crippen LogP contribution in [0.5, 0.6) is 5.75 Å². The second kappa shape index (κ2) is 8.34. The monoisotopic (exact) mass is 348 g/mol. The van der Waals surface area contributed by atoms with Crippen LogP contribution in [-0.2, 0) is 9.59 Å². The summed E-state index contributed by atoms with van der Waals surface area (Å²) in [6.45, 7) is 5.69. The minimum absolute atomic E-state index is 0.169. The molecule has 6 nitrogen and oxygen atoms in total. The van der Waals surface area contributed by atoms with E-state index in [-0.39, 0.29) is 5.91 Å². The Balaban J connectivity index is 2.14. The molecule has 6 heteroatoms. The molecule has 1 fully saturated rings. The average molecular weight is 348 g/mol. The largest absolute Gasteiger partial charge is 0.496 e. The van der Waals surface area contributed by atoms with Crippen molar-refractivity contribution in [2.45, 2.75) is 39.2 Å². The highest BCUT2D eigenvalue weighted by Crippen LogP contribution is 2.29. The molecular weight excluding hydrogens is 320 g/mol. The van der Waals surface area contributed by atoms with Crippen molar-refractivity contribution in [3.8, 4) is 5.75 Å². The molecule has 0 aromatic heterocycles. The Labute approximate surface area is 149 Å². The van der Waals surface area contributed by atoms with E-state index in [0.717, 1.165) is 41.8 Å². The summed E-state index contributed by atoms with van der Waals surface area (Å²) >= 11 is 0. The Morgan fingerprint density at radius 1 is 1.32 bits per heavy atom. The Bertz CT molecular complexity index is 621. The minimum Gasteiger partial charge on any atom is -0.496 e. The van der Waals surface area contributed by atoms with Gasteiger partial charge >= 0.3 is 5.97 Å². The molecule has 1 atom stereocenters. The van der Waals surface area contributed by atoms with E-state index in [2.05, 4.69) is 0 Å². The van der Waals surface area contributed by atoms with Crippen LogP contribution in [0.4, 0.5) is 0 Å². The number of likely N-dealkylation sites (tertiary alicyclic amines) is 1. The van der Waals surface area contributed by atoms with Crippen molar-refractivity contribution >= 4 is 11.9 Å². The van der Waals surface area contributed by atoms with Gasteiger partial charge in [-0.15, -0.1) is 0 Å². The summed E-state index contributed by atoms with van der Waals surface area (Å²) in [7, 11) is 3.41. The van der Waals surface area contributed by atoms with Gasteiger partial charge in [0.1, 0.15) is 11.8 Å². The second-order valence-corrected chi connectivity index (χ2v) is 6.75. The van der Waals surface area contributed by atoms with Gasteiger partial charge in [-0.1, -0.05) is 12.1 Å². The van der Waals surface area contributed by atoms with Crippen molar-refractivity contribution in [2.75, 3.05) is 33.8 Å². The number of hydrogen-bond donors (Lipinski definition) is 1. The number of amides is 1. The molecule has 25 heavy (non-hydrogen) atoms. The molecule has 2 rings (SSSR count). The molecule has 1 aliphatic rings. The number of methoxy groups -OCH3 is 1. The number of carbonyl (C=O) groups excluding carboxylic acids is 1.